The first-order valence-electron chi connectivity index (χ1n) is 4.14. The molecular weight excluding hydrogens is 248 g/mol. The van der Waals surface area contributed by atoms with Crippen molar-refractivity contribution < 1.29 is 14.6 Å². The van der Waals surface area contributed by atoms with E-state index in [1.807, 2.05) is 0 Å². The average Bonchev–Trinajstić information content (AvgIpc) is 2.18. The van der Waals surface area contributed by atoms with Crippen LogP contribution in [0.3, 0.4) is 0 Å². The van der Waals surface area contributed by atoms with Crippen LogP contribution in [0, 0.1) is 0 Å². The minimum Gasteiger partial charge on any atom is -0.496 e. The molecule has 0 fully saturated rings. The highest BCUT2D eigenvalue weighted by molar-refractivity contribution is 9.10. The third kappa shape index (κ3) is 2.56. The number of ether oxygens (including phenoxy) is 1. The van der Waals surface area contributed by atoms with Crippen molar-refractivity contribution in [3.8, 4) is 5.75 Å². The topological polar surface area (TPSA) is 46.5 Å². The summed E-state index contributed by atoms with van der Waals surface area (Å²) < 4.78 is 5.81. The summed E-state index contributed by atoms with van der Waals surface area (Å²) in [6.45, 7) is 0. The van der Waals surface area contributed by atoms with Crippen molar-refractivity contribution in [2.24, 2.45) is 0 Å². The zero-order chi connectivity index (χ0) is 10.6. The highest BCUT2D eigenvalue weighted by Gasteiger charge is 2.09. The number of halogens is 1. The summed E-state index contributed by atoms with van der Waals surface area (Å²) in [5.41, 5.74) is 0.699. The van der Waals surface area contributed by atoms with E-state index in [9.17, 15) is 9.90 Å². The molecule has 1 aromatic rings. The summed E-state index contributed by atoms with van der Waals surface area (Å²) in [5, 5.41) is 9.52. The molecular formula is C10H11BrO3. The molecule has 14 heavy (non-hydrogen) atoms. The van der Waals surface area contributed by atoms with Crippen molar-refractivity contribution in [3.05, 3.63) is 28.2 Å². The molecule has 1 N–H and O–H groups in total. The fraction of sp³-hybridized carbons (Fsp3) is 0.300. The summed E-state index contributed by atoms with van der Waals surface area (Å²) in [7, 11) is 1.57. The maximum atomic E-state index is 10.2. The molecule has 3 nitrogen and oxygen atoms in total. The summed E-state index contributed by atoms with van der Waals surface area (Å²) >= 11 is 3.30. The van der Waals surface area contributed by atoms with Gasteiger partial charge in [-0.15, -0.1) is 0 Å². The zero-order valence-electron chi connectivity index (χ0n) is 7.74. The lowest BCUT2D eigenvalue weighted by Crippen LogP contribution is -1.98. The molecule has 1 atom stereocenters. The first kappa shape index (κ1) is 11.2. The van der Waals surface area contributed by atoms with Gasteiger partial charge >= 0.3 is 0 Å². The molecule has 1 aromatic carbocycles. The Hall–Kier alpha value is -0.870. The van der Waals surface area contributed by atoms with E-state index in [-0.39, 0.29) is 6.42 Å². The smallest absolute Gasteiger partial charge is 0.133 e. The van der Waals surface area contributed by atoms with Crippen molar-refractivity contribution in [1.82, 2.24) is 0 Å². The van der Waals surface area contributed by atoms with Gasteiger partial charge in [0.1, 0.15) is 12.0 Å². The van der Waals surface area contributed by atoms with E-state index >= 15 is 0 Å². The molecule has 0 aromatic heterocycles. The molecule has 1 unspecified atom stereocenters. The predicted molar refractivity (Wildman–Crippen MR) is 56.3 cm³/mol. The molecule has 76 valence electrons. The first-order valence-corrected chi connectivity index (χ1v) is 4.93. The average molecular weight is 259 g/mol. The Kier molecular flexibility index (Phi) is 4.10. The molecule has 0 aliphatic rings. The molecule has 0 radical (unpaired) electrons. The van der Waals surface area contributed by atoms with Crippen LogP contribution in [0.25, 0.3) is 0 Å². The second-order valence-corrected chi connectivity index (χ2v) is 3.67. The summed E-state index contributed by atoms with van der Waals surface area (Å²) in [6, 6.07) is 5.22. The Morgan fingerprint density at radius 1 is 1.64 bits per heavy atom. The van der Waals surface area contributed by atoms with Crippen molar-refractivity contribution in [1.29, 1.82) is 0 Å². The fourth-order valence-electron chi connectivity index (χ4n) is 1.12. The SMILES string of the molecule is COc1ccc(C(O)CC=O)cc1Br. The second-order valence-electron chi connectivity index (χ2n) is 2.81. The predicted octanol–water partition coefficient (Wildman–Crippen LogP) is 2.08. The van der Waals surface area contributed by atoms with Gasteiger partial charge in [0.2, 0.25) is 0 Å². The zero-order valence-corrected chi connectivity index (χ0v) is 9.32. The van der Waals surface area contributed by atoms with Gasteiger partial charge in [0.25, 0.3) is 0 Å². The Balaban J connectivity index is 2.90. The number of carbonyl (C=O) groups excluding carboxylic acids is 1. The van der Waals surface area contributed by atoms with Crippen LogP contribution in [-0.4, -0.2) is 18.5 Å². The van der Waals surface area contributed by atoms with Crippen molar-refractivity contribution in [2.75, 3.05) is 7.11 Å². The second kappa shape index (κ2) is 5.12. The van der Waals surface area contributed by atoms with Gasteiger partial charge < -0.3 is 14.6 Å². The standard InChI is InChI=1S/C10H11BrO3/c1-14-10-3-2-7(6-8(10)11)9(13)4-5-12/h2-3,5-6,9,13H,4H2,1H3. The quantitative estimate of drug-likeness (QED) is 0.842. The van der Waals surface area contributed by atoms with Crippen molar-refractivity contribution in [2.45, 2.75) is 12.5 Å². The van der Waals surface area contributed by atoms with Gasteiger partial charge in [0.05, 0.1) is 17.7 Å². The van der Waals surface area contributed by atoms with Crippen LogP contribution >= 0.6 is 15.9 Å². The summed E-state index contributed by atoms with van der Waals surface area (Å²) in [5.74, 6) is 0.701. The molecule has 0 spiro atoms. The van der Waals surface area contributed by atoms with Crippen molar-refractivity contribution in [3.63, 3.8) is 0 Å². The minimum atomic E-state index is -0.741. The fourth-order valence-corrected chi connectivity index (χ4v) is 1.68. The van der Waals surface area contributed by atoms with Gasteiger partial charge in [-0.3, -0.25) is 0 Å². The van der Waals surface area contributed by atoms with Crippen LogP contribution in [-0.2, 0) is 4.79 Å². The molecule has 4 heteroatoms. The Bertz CT molecular complexity index is 325. The van der Waals surface area contributed by atoms with E-state index in [0.29, 0.717) is 17.6 Å². The summed E-state index contributed by atoms with van der Waals surface area (Å²) in [6.07, 6.45) is 0.0661. The van der Waals surface area contributed by atoms with Gasteiger partial charge in [-0.05, 0) is 33.6 Å². The number of hydrogen-bond acceptors (Lipinski definition) is 3. The molecule has 0 heterocycles. The number of rotatable bonds is 4. The van der Waals surface area contributed by atoms with Crippen LogP contribution < -0.4 is 4.74 Å². The maximum absolute atomic E-state index is 10.2. The Labute approximate surface area is 90.8 Å². The number of carbonyl (C=O) groups is 1. The van der Waals surface area contributed by atoms with Gasteiger partial charge in [-0.25, -0.2) is 0 Å². The van der Waals surface area contributed by atoms with Crippen LogP contribution in [0.15, 0.2) is 22.7 Å². The number of aliphatic hydroxyl groups is 1. The Morgan fingerprint density at radius 3 is 2.86 bits per heavy atom. The van der Waals surface area contributed by atoms with Gasteiger partial charge in [-0.2, -0.15) is 0 Å². The summed E-state index contributed by atoms with van der Waals surface area (Å²) in [4.78, 5) is 10.2. The third-order valence-corrected chi connectivity index (χ3v) is 2.50. The van der Waals surface area contributed by atoms with E-state index in [4.69, 9.17) is 4.74 Å². The lowest BCUT2D eigenvalue weighted by atomic mass is 10.1. The Morgan fingerprint density at radius 2 is 2.36 bits per heavy atom. The van der Waals surface area contributed by atoms with Crippen LogP contribution in [0.4, 0.5) is 0 Å². The van der Waals surface area contributed by atoms with E-state index in [1.165, 1.54) is 0 Å². The first-order chi connectivity index (χ1) is 6.69. The molecule has 0 aliphatic carbocycles. The highest BCUT2D eigenvalue weighted by atomic mass is 79.9. The van der Waals surface area contributed by atoms with E-state index < -0.39 is 6.10 Å². The van der Waals surface area contributed by atoms with E-state index in [0.717, 1.165) is 4.47 Å². The van der Waals surface area contributed by atoms with Crippen molar-refractivity contribution >= 4 is 22.2 Å². The number of benzene rings is 1. The minimum absolute atomic E-state index is 0.110. The normalized spacial score (nSPS) is 12.2. The van der Waals surface area contributed by atoms with Crippen LogP contribution in [0.2, 0.25) is 0 Å². The highest BCUT2D eigenvalue weighted by Crippen LogP contribution is 2.28. The number of hydrogen-bond donors (Lipinski definition) is 1. The van der Waals surface area contributed by atoms with Gasteiger partial charge in [0.15, 0.2) is 0 Å². The number of aldehydes is 1. The number of aliphatic hydroxyl groups excluding tert-OH is 1. The van der Waals surface area contributed by atoms with Crippen LogP contribution in [0.1, 0.15) is 18.1 Å². The molecule has 0 aliphatic heterocycles. The molecule has 0 bridgehead atoms. The van der Waals surface area contributed by atoms with E-state index in [1.54, 1.807) is 25.3 Å². The largest absolute Gasteiger partial charge is 0.496 e. The molecule has 1 rings (SSSR count). The van der Waals surface area contributed by atoms with Crippen LogP contribution in [0.5, 0.6) is 5.75 Å². The lowest BCUT2D eigenvalue weighted by molar-refractivity contribution is -0.109. The molecule has 0 amide bonds. The lowest BCUT2D eigenvalue weighted by Gasteiger charge is -2.09. The van der Waals surface area contributed by atoms with E-state index in [2.05, 4.69) is 15.9 Å². The third-order valence-electron chi connectivity index (χ3n) is 1.88. The van der Waals surface area contributed by atoms with Gasteiger partial charge in [-0.1, -0.05) is 6.07 Å². The molecule has 0 saturated heterocycles. The number of methoxy groups -OCH3 is 1. The molecule has 0 saturated carbocycles. The van der Waals surface area contributed by atoms with Gasteiger partial charge in [0, 0.05) is 6.42 Å². The monoisotopic (exact) mass is 258 g/mol. The maximum Gasteiger partial charge on any atom is 0.133 e.